The molecule has 0 radical (unpaired) electrons. The van der Waals surface area contributed by atoms with Gasteiger partial charge in [-0.25, -0.2) is 0 Å². The van der Waals surface area contributed by atoms with Crippen molar-refractivity contribution in [1.29, 1.82) is 0 Å². The van der Waals surface area contributed by atoms with Gasteiger partial charge in [0.1, 0.15) is 11.5 Å². The van der Waals surface area contributed by atoms with Gasteiger partial charge < -0.3 is 4.74 Å². The predicted molar refractivity (Wildman–Crippen MR) is 133 cm³/mol. The van der Waals surface area contributed by atoms with E-state index in [9.17, 15) is 0 Å². The lowest BCUT2D eigenvalue weighted by atomic mass is 9.98. The van der Waals surface area contributed by atoms with Crippen LogP contribution in [0.25, 0.3) is 11.1 Å². The van der Waals surface area contributed by atoms with Gasteiger partial charge in [0, 0.05) is 0 Å². The molecule has 0 atom stereocenters. The molecule has 0 aliphatic rings. The quantitative estimate of drug-likeness (QED) is 0.329. The molecule has 4 aromatic rings. The Morgan fingerprint density at radius 3 is 1.06 bits per heavy atom. The highest BCUT2D eigenvalue weighted by atomic mass is 16.5. The first kappa shape index (κ1) is 22.4. The van der Waals surface area contributed by atoms with E-state index in [2.05, 4.69) is 77.9 Å². The molecule has 0 unspecified atom stereocenters. The zero-order valence-corrected chi connectivity index (χ0v) is 19.5. The Morgan fingerprint density at radius 1 is 0.387 bits per heavy atom. The summed E-state index contributed by atoms with van der Waals surface area (Å²) in [6, 6.07) is 29.4. The normalized spacial score (nSPS) is 10.3. The molecular formula is C30H32O. The largest absolute Gasteiger partial charge is 0.457 e. The topological polar surface area (TPSA) is 9.23 Å². The first-order valence-corrected chi connectivity index (χ1v) is 10.8. The Morgan fingerprint density at radius 2 is 0.742 bits per heavy atom. The molecule has 0 bridgehead atoms. The van der Waals surface area contributed by atoms with Gasteiger partial charge in [-0.05, 0) is 99.2 Å². The van der Waals surface area contributed by atoms with Crippen LogP contribution in [0.4, 0.5) is 0 Å². The fourth-order valence-electron chi connectivity index (χ4n) is 3.19. The molecule has 1 nitrogen and oxygen atoms in total. The summed E-state index contributed by atoms with van der Waals surface area (Å²) < 4.78 is 5.69. The van der Waals surface area contributed by atoms with Gasteiger partial charge in [0.2, 0.25) is 0 Å². The highest BCUT2D eigenvalue weighted by molar-refractivity contribution is 5.66. The summed E-state index contributed by atoms with van der Waals surface area (Å²) in [5.74, 6) is 1.76. The maximum absolute atomic E-state index is 5.69. The summed E-state index contributed by atoms with van der Waals surface area (Å²) in [5, 5.41) is 0. The van der Waals surface area contributed by atoms with Crippen LogP contribution >= 0.6 is 0 Å². The van der Waals surface area contributed by atoms with Crippen LogP contribution in [0.15, 0.2) is 84.9 Å². The molecule has 0 aliphatic carbocycles. The number of benzene rings is 4. The van der Waals surface area contributed by atoms with Crippen molar-refractivity contribution in [1.82, 2.24) is 0 Å². The van der Waals surface area contributed by atoms with Gasteiger partial charge >= 0.3 is 0 Å². The van der Waals surface area contributed by atoms with E-state index in [1.807, 2.05) is 48.5 Å². The number of aryl methyl sites for hydroxylation is 6. The summed E-state index contributed by atoms with van der Waals surface area (Å²) in [7, 11) is 0. The average molecular weight is 409 g/mol. The minimum Gasteiger partial charge on any atom is -0.457 e. The third kappa shape index (κ3) is 6.33. The van der Waals surface area contributed by atoms with Crippen LogP contribution in [-0.2, 0) is 0 Å². The van der Waals surface area contributed by atoms with Gasteiger partial charge in [-0.15, -0.1) is 0 Å². The fourth-order valence-corrected chi connectivity index (χ4v) is 3.19. The van der Waals surface area contributed by atoms with Gasteiger partial charge in [-0.3, -0.25) is 0 Å². The molecule has 0 saturated heterocycles. The summed E-state index contributed by atoms with van der Waals surface area (Å²) in [6.07, 6.45) is 0. The molecule has 0 heterocycles. The van der Waals surface area contributed by atoms with Crippen molar-refractivity contribution in [3.63, 3.8) is 0 Å². The standard InChI is InChI=1S/C16H18.C14H14O/c1-11-5-7-15(9-13(11)3)16-8-6-12(2)14(4)10-16;1-11-3-7-13(8-4-11)15-14-9-5-12(2)6-10-14/h5-10H,1-4H3;3-10H,1-2H3. The van der Waals surface area contributed by atoms with Gasteiger partial charge in [0.05, 0.1) is 0 Å². The zero-order valence-electron chi connectivity index (χ0n) is 19.5. The molecule has 0 fully saturated rings. The Labute approximate surface area is 187 Å². The van der Waals surface area contributed by atoms with E-state index in [0.29, 0.717) is 0 Å². The van der Waals surface area contributed by atoms with Crippen LogP contribution in [0, 0.1) is 41.5 Å². The Hall–Kier alpha value is -3.32. The Bertz CT molecular complexity index is 1040. The van der Waals surface area contributed by atoms with Crippen molar-refractivity contribution in [2.45, 2.75) is 41.5 Å². The van der Waals surface area contributed by atoms with E-state index in [1.54, 1.807) is 0 Å². The molecule has 0 spiro atoms. The number of hydrogen-bond donors (Lipinski definition) is 0. The lowest BCUT2D eigenvalue weighted by molar-refractivity contribution is 0.482. The van der Waals surface area contributed by atoms with Crippen molar-refractivity contribution in [3.05, 3.63) is 118 Å². The summed E-state index contributed by atoms with van der Waals surface area (Å²) in [4.78, 5) is 0. The molecule has 0 aliphatic heterocycles. The smallest absolute Gasteiger partial charge is 0.127 e. The minimum absolute atomic E-state index is 0.879. The van der Waals surface area contributed by atoms with Crippen LogP contribution < -0.4 is 4.74 Å². The van der Waals surface area contributed by atoms with Crippen molar-refractivity contribution >= 4 is 0 Å². The second-order valence-corrected chi connectivity index (χ2v) is 8.33. The SMILES string of the molecule is Cc1ccc(-c2ccc(C)c(C)c2)cc1C.Cc1ccc(Oc2ccc(C)cc2)cc1. The van der Waals surface area contributed by atoms with Gasteiger partial charge in [-0.2, -0.15) is 0 Å². The molecule has 0 N–H and O–H groups in total. The van der Waals surface area contributed by atoms with E-state index in [-0.39, 0.29) is 0 Å². The van der Waals surface area contributed by atoms with Gasteiger partial charge in [0.25, 0.3) is 0 Å². The Kier molecular flexibility index (Phi) is 7.31. The van der Waals surface area contributed by atoms with Crippen molar-refractivity contribution in [3.8, 4) is 22.6 Å². The van der Waals surface area contributed by atoms with Crippen LogP contribution in [-0.4, -0.2) is 0 Å². The fraction of sp³-hybridized carbons (Fsp3) is 0.200. The average Bonchev–Trinajstić information content (AvgIpc) is 2.76. The second kappa shape index (κ2) is 10.1. The van der Waals surface area contributed by atoms with Crippen LogP contribution in [0.3, 0.4) is 0 Å². The molecule has 31 heavy (non-hydrogen) atoms. The first-order valence-electron chi connectivity index (χ1n) is 10.8. The lowest BCUT2D eigenvalue weighted by Crippen LogP contribution is -1.86. The summed E-state index contributed by atoms with van der Waals surface area (Å²) in [5.41, 5.74) is 10.5. The molecular weight excluding hydrogens is 376 g/mol. The molecule has 0 saturated carbocycles. The molecule has 158 valence electrons. The number of rotatable bonds is 3. The van der Waals surface area contributed by atoms with Gasteiger partial charge in [-0.1, -0.05) is 71.8 Å². The third-order valence-electron chi connectivity index (χ3n) is 5.62. The van der Waals surface area contributed by atoms with E-state index < -0.39 is 0 Å². The van der Waals surface area contributed by atoms with Crippen LogP contribution in [0.2, 0.25) is 0 Å². The zero-order chi connectivity index (χ0) is 22.4. The Balaban J connectivity index is 0.000000176. The van der Waals surface area contributed by atoms with Crippen molar-refractivity contribution in [2.75, 3.05) is 0 Å². The first-order chi connectivity index (χ1) is 14.8. The van der Waals surface area contributed by atoms with Crippen molar-refractivity contribution in [2.24, 2.45) is 0 Å². The lowest BCUT2D eigenvalue weighted by Gasteiger charge is -2.08. The molecule has 4 rings (SSSR count). The van der Waals surface area contributed by atoms with E-state index >= 15 is 0 Å². The van der Waals surface area contributed by atoms with Crippen LogP contribution in [0.5, 0.6) is 11.5 Å². The molecule has 1 heteroatoms. The highest BCUT2D eigenvalue weighted by Gasteiger charge is 2.01. The summed E-state index contributed by atoms with van der Waals surface area (Å²) >= 11 is 0. The second-order valence-electron chi connectivity index (χ2n) is 8.33. The van der Waals surface area contributed by atoms with E-state index in [1.165, 1.54) is 44.5 Å². The molecule has 0 aromatic heterocycles. The third-order valence-corrected chi connectivity index (χ3v) is 5.62. The maximum atomic E-state index is 5.69. The van der Waals surface area contributed by atoms with Gasteiger partial charge in [0.15, 0.2) is 0 Å². The highest BCUT2D eigenvalue weighted by Crippen LogP contribution is 2.24. The monoisotopic (exact) mass is 408 g/mol. The number of ether oxygens (including phenoxy) is 1. The van der Waals surface area contributed by atoms with E-state index in [0.717, 1.165) is 11.5 Å². The van der Waals surface area contributed by atoms with E-state index in [4.69, 9.17) is 4.74 Å². The minimum atomic E-state index is 0.879. The summed E-state index contributed by atoms with van der Waals surface area (Å²) in [6.45, 7) is 12.8. The maximum Gasteiger partial charge on any atom is 0.127 e. The number of hydrogen-bond acceptors (Lipinski definition) is 1. The van der Waals surface area contributed by atoms with Crippen molar-refractivity contribution < 1.29 is 4.74 Å². The predicted octanol–water partition coefficient (Wildman–Crippen LogP) is 8.68. The molecule has 0 amide bonds. The molecule has 4 aromatic carbocycles. The van der Waals surface area contributed by atoms with Crippen LogP contribution in [0.1, 0.15) is 33.4 Å².